The molecular weight excluding hydrogens is 216 g/mol. The summed E-state index contributed by atoms with van der Waals surface area (Å²) in [6, 6.07) is 0. The zero-order valence-corrected chi connectivity index (χ0v) is 7.62. The number of hydrogen-bond acceptors (Lipinski definition) is 5. The van der Waals surface area contributed by atoms with Crippen molar-refractivity contribution >= 4 is 37.4 Å². The molecule has 1 aliphatic heterocycles. The van der Waals surface area contributed by atoms with Gasteiger partial charge in [0.05, 0.1) is 0 Å². The van der Waals surface area contributed by atoms with Gasteiger partial charge < -0.3 is 0 Å². The maximum absolute atomic E-state index is 11.0. The van der Waals surface area contributed by atoms with E-state index >= 15 is 0 Å². The second-order valence-electron chi connectivity index (χ2n) is 1.78. The van der Waals surface area contributed by atoms with Gasteiger partial charge in [-0.25, -0.2) is 8.39 Å². The highest BCUT2D eigenvalue weighted by molar-refractivity contribution is 8.11. The standard InChI is InChI=1S/C3H5ClO5S2/c1-10(5)3(4)11(6,7)9-2-8-10/h3H,1-2H2. The fourth-order valence-electron chi connectivity index (χ4n) is 0.455. The molecule has 11 heavy (non-hydrogen) atoms. The van der Waals surface area contributed by atoms with E-state index in [2.05, 4.69) is 14.2 Å². The van der Waals surface area contributed by atoms with Crippen molar-refractivity contribution in [3.63, 3.8) is 0 Å². The van der Waals surface area contributed by atoms with Crippen LogP contribution in [-0.4, -0.2) is 29.3 Å². The minimum atomic E-state index is -3.97. The molecule has 66 valence electrons. The van der Waals surface area contributed by atoms with Crippen LogP contribution in [-0.2, 0) is 28.3 Å². The smallest absolute Gasteiger partial charge is 0.266 e. The van der Waals surface area contributed by atoms with E-state index in [1.165, 1.54) is 0 Å². The quantitative estimate of drug-likeness (QED) is 0.312. The molecule has 2 unspecified atom stereocenters. The molecule has 8 heteroatoms. The molecule has 0 amide bonds. The summed E-state index contributed by atoms with van der Waals surface area (Å²) in [5.41, 5.74) is 0. The first kappa shape index (κ1) is 9.27. The Morgan fingerprint density at radius 1 is 1.36 bits per heavy atom. The van der Waals surface area contributed by atoms with Crippen molar-refractivity contribution in [2.45, 2.75) is 4.04 Å². The van der Waals surface area contributed by atoms with Gasteiger partial charge in [-0.15, -0.1) is 0 Å². The lowest BCUT2D eigenvalue weighted by molar-refractivity contribution is 0.131. The number of hydrogen-bond donors (Lipinski definition) is 0. The fourth-order valence-corrected chi connectivity index (χ4v) is 3.20. The second kappa shape index (κ2) is 2.60. The van der Waals surface area contributed by atoms with Crippen LogP contribution in [0.15, 0.2) is 0 Å². The zero-order chi connectivity index (χ0) is 8.70. The summed E-state index contributed by atoms with van der Waals surface area (Å²) in [6.07, 6.45) is 0. The lowest BCUT2D eigenvalue weighted by Gasteiger charge is -2.20. The van der Waals surface area contributed by atoms with Gasteiger partial charge in [0, 0.05) is 0 Å². The van der Waals surface area contributed by atoms with Crippen molar-refractivity contribution in [1.82, 2.24) is 0 Å². The molecule has 0 aromatic carbocycles. The summed E-state index contributed by atoms with van der Waals surface area (Å²) in [5.74, 6) is 3.02. The van der Waals surface area contributed by atoms with Gasteiger partial charge in [-0.1, -0.05) is 11.6 Å². The summed E-state index contributed by atoms with van der Waals surface area (Å²) in [7, 11) is -7.18. The summed E-state index contributed by atoms with van der Waals surface area (Å²) in [4.78, 5) is 0. The third-order valence-corrected chi connectivity index (χ3v) is 5.96. The average molecular weight is 221 g/mol. The zero-order valence-electron chi connectivity index (χ0n) is 5.23. The van der Waals surface area contributed by atoms with Crippen LogP contribution in [0, 0.1) is 0 Å². The Bertz CT molecular complexity index is 306. The van der Waals surface area contributed by atoms with Gasteiger partial charge >= 0.3 is 10.1 Å². The summed E-state index contributed by atoms with van der Waals surface area (Å²) < 4.78 is 39.3. The normalized spacial score (nSPS) is 43.5. The molecule has 5 nitrogen and oxygen atoms in total. The maximum Gasteiger partial charge on any atom is 0.300 e. The van der Waals surface area contributed by atoms with Crippen LogP contribution in [0.3, 0.4) is 0 Å². The first-order valence-electron chi connectivity index (χ1n) is 2.39. The highest BCUT2D eigenvalue weighted by atomic mass is 35.5. The Balaban J connectivity index is 3.15. The Morgan fingerprint density at radius 2 is 1.91 bits per heavy atom. The van der Waals surface area contributed by atoms with Crippen LogP contribution in [0.2, 0.25) is 0 Å². The van der Waals surface area contributed by atoms with E-state index in [1.807, 2.05) is 0 Å². The van der Waals surface area contributed by atoms with Gasteiger partial charge in [0.1, 0.15) is 9.80 Å². The molecular formula is C3H5ClO5S2. The van der Waals surface area contributed by atoms with Gasteiger partial charge in [0.15, 0.2) is 6.79 Å². The van der Waals surface area contributed by atoms with Crippen LogP contribution >= 0.6 is 11.6 Å². The lowest BCUT2D eigenvalue weighted by Crippen LogP contribution is -2.34. The average Bonchev–Trinajstić information content (AvgIpc) is 1.82. The van der Waals surface area contributed by atoms with E-state index in [9.17, 15) is 12.6 Å². The maximum atomic E-state index is 11.0. The SMILES string of the molecule is C=S1(=O)OCOS(=O)(=O)C1Cl. The first-order chi connectivity index (χ1) is 4.86. The predicted molar refractivity (Wildman–Crippen MR) is 40.9 cm³/mol. The predicted octanol–water partition coefficient (Wildman–Crippen LogP) is -0.526. The van der Waals surface area contributed by atoms with Crippen LogP contribution in [0.5, 0.6) is 0 Å². The van der Waals surface area contributed by atoms with E-state index in [0.717, 1.165) is 0 Å². The molecule has 0 aliphatic carbocycles. The van der Waals surface area contributed by atoms with E-state index in [-0.39, 0.29) is 0 Å². The Kier molecular flexibility index (Phi) is 2.19. The van der Waals surface area contributed by atoms with E-state index in [4.69, 9.17) is 11.6 Å². The van der Waals surface area contributed by atoms with Gasteiger partial charge in [0.2, 0.25) is 4.04 Å². The van der Waals surface area contributed by atoms with Crippen molar-refractivity contribution in [3.8, 4) is 0 Å². The van der Waals surface area contributed by atoms with Crippen LogP contribution in [0.25, 0.3) is 0 Å². The van der Waals surface area contributed by atoms with Crippen molar-refractivity contribution in [3.05, 3.63) is 0 Å². The van der Waals surface area contributed by atoms with Crippen molar-refractivity contribution in [1.29, 1.82) is 0 Å². The molecule has 1 aliphatic rings. The molecule has 1 rings (SSSR count). The molecule has 0 aromatic rings. The van der Waals surface area contributed by atoms with Gasteiger partial charge in [-0.2, -0.15) is 8.42 Å². The molecule has 0 N–H and O–H groups in total. The highest BCUT2D eigenvalue weighted by Crippen LogP contribution is 2.22. The summed E-state index contributed by atoms with van der Waals surface area (Å²) >= 11 is 5.22. The molecule has 0 bridgehead atoms. The Hall–Kier alpha value is 0.180. The van der Waals surface area contributed by atoms with Crippen LogP contribution in [0.1, 0.15) is 0 Å². The number of halogens is 1. The molecule has 1 heterocycles. The molecule has 0 radical (unpaired) electrons. The monoisotopic (exact) mass is 220 g/mol. The topological polar surface area (TPSA) is 69.7 Å². The van der Waals surface area contributed by atoms with Crippen LogP contribution in [0.4, 0.5) is 0 Å². The van der Waals surface area contributed by atoms with Gasteiger partial charge in [-0.05, 0) is 5.87 Å². The van der Waals surface area contributed by atoms with E-state index in [1.54, 1.807) is 0 Å². The summed E-state index contributed by atoms with van der Waals surface area (Å²) in [6.45, 7) is -0.589. The van der Waals surface area contributed by atoms with Gasteiger partial charge in [-0.3, -0.25) is 4.18 Å². The van der Waals surface area contributed by atoms with E-state index in [0.29, 0.717) is 0 Å². The van der Waals surface area contributed by atoms with Crippen LogP contribution < -0.4 is 0 Å². The van der Waals surface area contributed by atoms with Crippen molar-refractivity contribution < 1.29 is 21.0 Å². The number of alkyl halides is 1. The minimum absolute atomic E-state index is 0.589. The molecule has 0 aromatic heterocycles. The number of rotatable bonds is 0. The highest BCUT2D eigenvalue weighted by Gasteiger charge is 2.37. The summed E-state index contributed by atoms with van der Waals surface area (Å²) in [5, 5.41) is 0. The van der Waals surface area contributed by atoms with Gasteiger partial charge in [0.25, 0.3) is 0 Å². The van der Waals surface area contributed by atoms with E-state index < -0.39 is 30.8 Å². The largest absolute Gasteiger partial charge is 0.300 e. The molecule has 1 fully saturated rings. The molecule has 0 spiro atoms. The molecule has 2 atom stereocenters. The Morgan fingerprint density at radius 3 is 2.27 bits per heavy atom. The Labute approximate surface area is 69.6 Å². The lowest BCUT2D eigenvalue weighted by atomic mass is 11.6. The van der Waals surface area contributed by atoms with Crippen molar-refractivity contribution in [2.75, 3.05) is 6.79 Å². The van der Waals surface area contributed by atoms with Crippen molar-refractivity contribution in [2.24, 2.45) is 0 Å². The third-order valence-electron chi connectivity index (χ3n) is 0.969. The molecule has 0 saturated carbocycles. The first-order valence-corrected chi connectivity index (χ1v) is 6.01. The minimum Gasteiger partial charge on any atom is -0.266 e. The fraction of sp³-hybridized carbons (Fsp3) is 0.667. The third kappa shape index (κ3) is 1.67. The molecule has 1 saturated heterocycles. The second-order valence-corrected chi connectivity index (χ2v) is 6.76.